The molecule has 1 unspecified atom stereocenters. The van der Waals surface area contributed by atoms with E-state index in [4.69, 9.17) is 15.5 Å². The van der Waals surface area contributed by atoms with Gasteiger partial charge in [-0.05, 0) is 6.08 Å². The zero-order valence-corrected chi connectivity index (χ0v) is 9.54. The topological polar surface area (TPSA) is 96.4 Å². The van der Waals surface area contributed by atoms with Crippen LogP contribution in [0.4, 0.5) is 0 Å². The number of nitrogens with two attached hydrogens (primary N) is 1. The quantitative estimate of drug-likeness (QED) is 0.519. The van der Waals surface area contributed by atoms with E-state index in [0.29, 0.717) is 11.4 Å². The first-order valence-corrected chi connectivity index (χ1v) is 6.48. The average molecular weight is 246 g/mol. The van der Waals surface area contributed by atoms with Crippen molar-refractivity contribution in [1.82, 2.24) is 4.98 Å². The van der Waals surface area contributed by atoms with Gasteiger partial charge in [0.2, 0.25) is 0 Å². The van der Waals surface area contributed by atoms with Crippen molar-refractivity contribution in [1.29, 1.82) is 0 Å². The van der Waals surface area contributed by atoms with Crippen LogP contribution in [0.5, 0.6) is 0 Å². The standard InChI is InChI=1S/C8H11N2O3PS/c1-2-3-6(9)4-7-10-5-8(15-7)14(11,12)13/h3,5-6H,1,4,9H2,(H2,11,12,13). The van der Waals surface area contributed by atoms with Gasteiger partial charge in [0.25, 0.3) is 0 Å². The van der Waals surface area contributed by atoms with Gasteiger partial charge in [0, 0.05) is 12.5 Å². The van der Waals surface area contributed by atoms with E-state index in [2.05, 4.69) is 17.3 Å². The lowest BCUT2D eigenvalue weighted by Crippen LogP contribution is -2.19. The van der Waals surface area contributed by atoms with E-state index >= 15 is 0 Å². The highest BCUT2D eigenvalue weighted by molar-refractivity contribution is 7.67. The molecule has 0 amide bonds. The highest BCUT2D eigenvalue weighted by atomic mass is 32.1. The summed E-state index contributed by atoms with van der Waals surface area (Å²) in [5, 5.41) is 0.590. The lowest BCUT2D eigenvalue weighted by atomic mass is 10.2. The Balaban J connectivity index is 2.77. The minimum Gasteiger partial charge on any atom is -0.324 e. The van der Waals surface area contributed by atoms with Crippen molar-refractivity contribution >= 4 is 23.6 Å². The molecule has 0 aliphatic rings. The van der Waals surface area contributed by atoms with Gasteiger partial charge in [0.15, 0.2) is 0 Å². The molecule has 0 spiro atoms. The summed E-state index contributed by atoms with van der Waals surface area (Å²) in [6.45, 7) is 3.38. The third-order valence-electron chi connectivity index (χ3n) is 1.57. The largest absolute Gasteiger partial charge is 0.367 e. The molecule has 7 heteroatoms. The molecule has 1 heterocycles. The van der Waals surface area contributed by atoms with Crippen molar-refractivity contribution in [2.75, 3.05) is 0 Å². The van der Waals surface area contributed by atoms with Crippen LogP contribution in [-0.4, -0.2) is 20.8 Å². The Morgan fingerprint density at radius 1 is 1.80 bits per heavy atom. The molecule has 15 heavy (non-hydrogen) atoms. The number of rotatable bonds is 4. The van der Waals surface area contributed by atoms with Gasteiger partial charge in [-0.2, -0.15) is 0 Å². The predicted octanol–water partition coefficient (Wildman–Crippen LogP) is 0.157. The highest BCUT2D eigenvalue weighted by Crippen LogP contribution is 2.35. The van der Waals surface area contributed by atoms with E-state index in [1.165, 1.54) is 6.20 Å². The van der Waals surface area contributed by atoms with Crippen LogP contribution in [0.2, 0.25) is 0 Å². The molecule has 0 aliphatic carbocycles. The first-order valence-electron chi connectivity index (χ1n) is 4.06. The average Bonchev–Trinajstić information content (AvgIpc) is 2.52. The molecule has 82 valence electrons. The molecule has 5 nitrogen and oxygen atoms in total. The fourth-order valence-electron chi connectivity index (χ4n) is 0.942. The first kappa shape index (κ1) is 12.3. The number of hydrogen-bond acceptors (Lipinski definition) is 4. The van der Waals surface area contributed by atoms with Crippen LogP contribution in [-0.2, 0) is 11.0 Å². The van der Waals surface area contributed by atoms with Crippen molar-refractivity contribution in [2.45, 2.75) is 12.5 Å². The van der Waals surface area contributed by atoms with Gasteiger partial charge in [-0.1, -0.05) is 6.58 Å². The summed E-state index contributed by atoms with van der Waals surface area (Å²) >= 11 is 0.972. The molecule has 0 saturated carbocycles. The smallest absolute Gasteiger partial charge is 0.324 e. The number of aromatic nitrogens is 1. The van der Waals surface area contributed by atoms with Crippen molar-refractivity contribution in [3.63, 3.8) is 0 Å². The number of hydrogen-bond donors (Lipinski definition) is 3. The normalized spacial score (nSPS) is 13.3. The monoisotopic (exact) mass is 246 g/mol. The van der Waals surface area contributed by atoms with Gasteiger partial charge in [0.1, 0.15) is 4.62 Å². The van der Waals surface area contributed by atoms with Crippen molar-refractivity contribution in [3.8, 4) is 0 Å². The molecular weight excluding hydrogens is 235 g/mol. The molecule has 0 bridgehead atoms. The number of thiazole rings is 1. The first-order chi connectivity index (χ1) is 6.93. The third kappa shape index (κ3) is 3.72. The van der Waals surface area contributed by atoms with Gasteiger partial charge in [-0.25, -0.2) is 4.98 Å². The molecule has 0 saturated heterocycles. The van der Waals surface area contributed by atoms with E-state index in [9.17, 15) is 4.57 Å². The Morgan fingerprint density at radius 2 is 2.47 bits per heavy atom. The summed E-state index contributed by atoms with van der Waals surface area (Å²) in [6, 6.07) is -0.279. The Hall–Kier alpha value is -0.740. The summed E-state index contributed by atoms with van der Waals surface area (Å²) < 4.78 is 10.8. The SMILES string of the molecule is C=C=CC(N)Cc1ncc(P(=O)(O)O)s1. The van der Waals surface area contributed by atoms with Crippen LogP contribution >= 0.6 is 18.9 Å². The van der Waals surface area contributed by atoms with Gasteiger partial charge < -0.3 is 15.5 Å². The Labute approximate surface area is 91.1 Å². The second kappa shape index (κ2) is 4.86. The maximum atomic E-state index is 10.9. The van der Waals surface area contributed by atoms with Gasteiger partial charge in [-0.3, -0.25) is 4.57 Å². The molecule has 0 radical (unpaired) electrons. The van der Waals surface area contributed by atoms with Gasteiger partial charge >= 0.3 is 7.60 Å². The summed E-state index contributed by atoms with van der Waals surface area (Å²) in [5.74, 6) is 0. The maximum Gasteiger partial charge on any atom is 0.367 e. The van der Waals surface area contributed by atoms with E-state index in [1.54, 1.807) is 6.08 Å². The second-order valence-corrected chi connectivity index (χ2v) is 5.86. The zero-order chi connectivity index (χ0) is 11.5. The summed E-state index contributed by atoms with van der Waals surface area (Å²) in [7, 11) is -4.18. The molecule has 1 rings (SSSR count). The fourth-order valence-corrected chi connectivity index (χ4v) is 2.67. The second-order valence-electron chi connectivity index (χ2n) is 2.88. The van der Waals surface area contributed by atoms with Crippen LogP contribution in [0.25, 0.3) is 0 Å². The Morgan fingerprint density at radius 3 is 2.93 bits per heavy atom. The summed E-state index contributed by atoms with van der Waals surface area (Å²) in [5.41, 5.74) is 8.20. The van der Waals surface area contributed by atoms with E-state index in [0.717, 1.165) is 11.3 Å². The Bertz CT molecular complexity index is 433. The van der Waals surface area contributed by atoms with Gasteiger partial charge in [0.05, 0.1) is 11.2 Å². The molecule has 0 fully saturated rings. The lowest BCUT2D eigenvalue weighted by molar-refractivity contribution is 0.388. The molecule has 0 aromatic carbocycles. The molecule has 0 aliphatic heterocycles. The molecule has 1 aromatic rings. The molecule has 1 atom stereocenters. The Kier molecular flexibility index (Phi) is 3.99. The van der Waals surface area contributed by atoms with Crippen molar-refractivity contribution < 1.29 is 14.4 Å². The van der Waals surface area contributed by atoms with Gasteiger partial charge in [-0.15, -0.1) is 17.1 Å². The highest BCUT2D eigenvalue weighted by Gasteiger charge is 2.20. The zero-order valence-electron chi connectivity index (χ0n) is 7.83. The van der Waals surface area contributed by atoms with Crippen molar-refractivity contribution in [2.24, 2.45) is 5.73 Å². The van der Waals surface area contributed by atoms with E-state index in [-0.39, 0.29) is 10.7 Å². The molecular formula is C8H11N2O3PS. The fraction of sp³-hybridized carbons (Fsp3) is 0.250. The maximum absolute atomic E-state index is 10.9. The summed E-state index contributed by atoms with van der Waals surface area (Å²) in [4.78, 5) is 21.6. The lowest BCUT2D eigenvalue weighted by Gasteiger charge is -2.00. The van der Waals surface area contributed by atoms with Crippen LogP contribution < -0.4 is 10.4 Å². The minimum absolute atomic E-state index is 0.0349. The van der Waals surface area contributed by atoms with E-state index < -0.39 is 7.60 Å². The minimum atomic E-state index is -4.18. The van der Waals surface area contributed by atoms with Crippen LogP contribution in [0.3, 0.4) is 0 Å². The van der Waals surface area contributed by atoms with E-state index in [1.807, 2.05) is 0 Å². The summed E-state index contributed by atoms with van der Waals surface area (Å²) in [6.07, 6.45) is 3.19. The predicted molar refractivity (Wildman–Crippen MR) is 59.2 cm³/mol. The van der Waals surface area contributed by atoms with Crippen LogP contribution in [0.15, 0.2) is 24.6 Å². The molecule has 1 aromatic heterocycles. The van der Waals surface area contributed by atoms with Crippen molar-refractivity contribution in [3.05, 3.63) is 29.6 Å². The molecule has 4 N–H and O–H groups in total. The van der Waals surface area contributed by atoms with Crippen LogP contribution in [0.1, 0.15) is 5.01 Å². The number of nitrogens with zero attached hydrogens (tertiary/aromatic N) is 1. The third-order valence-corrected chi connectivity index (χ3v) is 4.07. The van der Waals surface area contributed by atoms with Crippen LogP contribution in [0, 0.1) is 0 Å².